The van der Waals surface area contributed by atoms with Crippen molar-refractivity contribution in [3.8, 4) is 17.2 Å². The van der Waals surface area contributed by atoms with E-state index in [1.807, 2.05) is 0 Å². The van der Waals surface area contributed by atoms with Crippen LogP contribution < -0.4 is 25.0 Å². The Labute approximate surface area is 146 Å². The highest BCUT2D eigenvalue weighted by molar-refractivity contribution is 5.94. The van der Waals surface area contributed by atoms with E-state index in [1.165, 1.54) is 27.4 Å². The van der Waals surface area contributed by atoms with E-state index in [-0.39, 0.29) is 6.54 Å². The van der Waals surface area contributed by atoms with Gasteiger partial charge in [0.25, 0.3) is 5.91 Å². The Bertz CT molecular complexity index is 654. The van der Waals surface area contributed by atoms with Crippen LogP contribution in [-0.4, -0.2) is 45.4 Å². The Morgan fingerprint density at radius 3 is 2.16 bits per heavy atom. The van der Waals surface area contributed by atoms with Crippen LogP contribution in [0.5, 0.6) is 17.2 Å². The summed E-state index contributed by atoms with van der Waals surface area (Å²) in [6.07, 6.45) is 2.88. The summed E-state index contributed by atoms with van der Waals surface area (Å²) in [6.45, 7) is 3.33. The van der Waals surface area contributed by atoms with E-state index in [9.17, 15) is 9.59 Å². The average molecular weight is 349 g/mol. The second-order valence-corrected chi connectivity index (χ2v) is 5.10. The first-order chi connectivity index (χ1) is 11.9. The molecule has 8 heteroatoms. The van der Waals surface area contributed by atoms with Crippen molar-refractivity contribution in [1.82, 2.24) is 10.7 Å². The van der Waals surface area contributed by atoms with Gasteiger partial charge in [-0.3, -0.25) is 9.59 Å². The lowest BCUT2D eigenvalue weighted by Gasteiger charge is -2.12. The molecule has 0 saturated heterocycles. The summed E-state index contributed by atoms with van der Waals surface area (Å²) in [7, 11) is 4.53. The zero-order valence-electron chi connectivity index (χ0n) is 15.0. The Hall–Kier alpha value is -3.03. The zero-order valence-corrected chi connectivity index (χ0v) is 15.0. The predicted octanol–water partition coefficient (Wildman–Crippen LogP) is 1.35. The first-order valence-corrected chi connectivity index (χ1v) is 7.47. The molecule has 25 heavy (non-hydrogen) atoms. The Morgan fingerprint density at radius 2 is 1.68 bits per heavy atom. The summed E-state index contributed by atoms with van der Waals surface area (Å²) in [5.41, 5.74) is 3.71. The van der Waals surface area contributed by atoms with Gasteiger partial charge in [-0.05, 0) is 37.6 Å². The third-order valence-corrected chi connectivity index (χ3v) is 2.94. The minimum Gasteiger partial charge on any atom is -0.493 e. The molecule has 2 N–H and O–H groups in total. The molecule has 136 valence electrons. The van der Waals surface area contributed by atoms with Gasteiger partial charge in [-0.15, -0.1) is 0 Å². The lowest BCUT2D eigenvalue weighted by molar-refractivity contribution is -0.123. The summed E-state index contributed by atoms with van der Waals surface area (Å²) < 4.78 is 15.7. The first kappa shape index (κ1) is 20.0. The molecule has 0 bridgehead atoms. The quantitative estimate of drug-likeness (QED) is 0.419. The highest BCUT2D eigenvalue weighted by Crippen LogP contribution is 2.38. The van der Waals surface area contributed by atoms with Crippen LogP contribution >= 0.6 is 0 Å². The van der Waals surface area contributed by atoms with E-state index in [0.717, 1.165) is 0 Å². The van der Waals surface area contributed by atoms with Crippen LogP contribution in [0, 0.1) is 0 Å². The number of hydrogen-bond acceptors (Lipinski definition) is 6. The van der Waals surface area contributed by atoms with E-state index in [4.69, 9.17) is 14.2 Å². The molecule has 0 aliphatic rings. The van der Waals surface area contributed by atoms with Gasteiger partial charge in [0.2, 0.25) is 11.7 Å². The fourth-order valence-electron chi connectivity index (χ4n) is 1.81. The lowest BCUT2D eigenvalue weighted by Crippen LogP contribution is -2.34. The van der Waals surface area contributed by atoms with Crippen LogP contribution in [0.3, 0.4) is 0 Å². The number of ether oxygens (including phenoxy) is 3. The molecule has 0 aromatic heterocycles. The van der Waals surface area contributed by atoms with Gasteiger partial charge in [-0.1, -0.05) is 0 Å². The lowest BCUT2D eigenvalue weighted by atomic mass is 10.1. The summed E-state index contributed by atoms with van der Waals surface area (Å²) >= 11 is 0. The molecule has 0 fully saturated rings. The highest BCUT2D eigenvalue weighted by atomic mass is 16.5. The molecule has 1 rings (SSSR count). The van der Waals surface area contributed by atoms with Gasteiger partial charge in [-0.2, -0.15) is 5.10 Å². The fourth-order valence-corrected chi connectivity index (χ4v) is 1.81. The van der Waals surface area contributed by atoms with Gasteiger partial charge in [0, 0.05) is 11.8 Å². The monoisotopic (exact) mass is 349 g/mol. The van der Waals surface area contributed by atoms with Gasteiger partial charge in [-0.25, -0.2) is 5.43 Å². The summed E-state index contributed by atoms with van der Waals surface area (Å²) in [4.78, 5) is 23.2. The normalized spacial score (nSPS) is 10.1. The van der Waals surface area contributed by atoms with Crippen molar-refractivity contribution in [3.63, 3.8) is 0 Å². The fraction of sp³-hybridized carbons (Fsp3) is 0.353. The minimum atomic E-state index is -0.416. The predicted molar refractivity (Wildman–Crippen MR) is 95.1 cm³/mol. The average Bonchev–Trinajstić information content (AvgIpc) is 2.61. The molecule has 0 saturated carbocycles. The van der Waals surface area contributed by atoms with Crippen molar-refractivity contribution in [2.45, 2.75) is 13.8 Å². The number of hydrazone groups is 1. The number of methoxy groups -OCH3 is 3. The maximum atomic E-state index is 11.8. The second kappa shape index (κ2) is 9.96. The van der Waals surface area contributed by atoms with Crippen molar-refractivity contribution >= 4 is 23.6 Å². The zero-order chi connectivity index (χ0) is 18.8. The first-order valence-electron chi connectivity index (χ1n) is 7.47. The highest BCUT2D eigenvalue weighted by Gasteiger charge is 2.12. The summed E-state index contributed by atoms with van der Waals surface area (Å²) in [5, 5.41) is 6.22. The second-order valence-electron chi connectivity index (χ2n) is 5.10. The van der Waals surface area contributed by atoms with Gasteiger partial charge in [0.05, 0.1) is 27.9 Å². The smallest absolute Gasteiger partial charge is 0.259 e. The maximum absolute atomic E-state index is 11.8. The minimum absolute atomic E-state index is 0.171. The number of carbonyl (C=O) groups excluding carboxylic acids is 2. The van der Waals surface area contributed by atoms with Crippen molar-refractivity contribution in [3.05, 3.63) is 23.8 Å². The van der Waals surface area contributed by atoms with Crippen molar-refractivity contribution in [2.24, 2.45) is 5.10 Å². The molecule has 0 atom stereocenters. The molecule has 0 aliphatic carbocycles. The maximum Gasteiger partial charge on any atom is 0.259 e. The molecule has 0 unspecified atom stereocenters. The Morgan fingerprint density at radius 1 is 1.08 bits per heavy atom. The van der Waals surface area contributed by atoms with E-state index in [2.05, 4.69) is 15.8 Å². The number of nitrogens with one attached hydrogen (secondary N) is 2. The molecule has 0 spiro atoms. The van der Waals surface area contributed by atoms with Crippen molar-refractivity contribution < 1.29 is 23.8 Å². The van der Waals surface area contributed by atoms with Crippen LogP contribution in [0.2, 0.25) is 0 Å². The van der Waals surface area contributed by atoms with Gasteiger partial charge in [0.1, 0.15) is 0 Å². The number of rotatable bonds is 8. The largest absolute Gasteiger partial charge is 0.493 e. The standard InChI is InChI=1S/C17H23N3O5/c1-11(2)19-20-16(22)10-18-15(21)7-6-12-8-13(23-3)17(25-5)14(9-12)24-4/h6-9H,10H2,1-5H3,(H,18,21)(H,20,22)/b7-6-. The van der Waals surface area contributed by atoms with E-state index >= 15 is 0 Å². The third kappa shape index (κ3) is 6.54. The number of nitrogens with zero attached hydrogens (tertiary/aromatic N) is 1. The molecule has 0 heterocycles. The Balaban J connectivity index is 2.73. The van der Waals surface area contributed by atoms with Crippen molar-refractivity contribution in [2.75, 3.05) is 27.9 Å². The van der Waals surface area contributed by atoms with E-state index < -0.39 is 11.8 Å². The van der Waals surface area contributed by atoms with E-state index in [0.29, 0.717) is 28.5 Å². The number of hydrogen-bond donors (Lipinski definition) is 2. The molecule has 2 amide bonds. The van der Waals surface area contributed by atoms with Crippen LogP contribution in [-0.2, 0) is 9.59 Å². The number of benzene rings is 1. The molecule has 1 aromatic rings. The van der Waals surface area contributed by atoms with Crippen LogP contribution in [0.15, 0.2) is 23.3 Å². The summed E-state index contributed by atoms with van der Waals surface area (Å²) in [6, 6.07) is 3.41. The molecule has 0 radical (unpaired) electrons. The van der Waals surface area contributed by atoms with Crippen LogP contribution in [0.4, 0.5) is 0 Å². The van der Waals surface area contributed by atoms with Gasteiger partial charge in [0.15, 0.2) is 11.5 Å². The molecule has 0 aliphatic heterocycles. The molecular weight excluding hydrogens is 326 g/mol. The topological polar surface area (TPSA) is 98.2 Å². The summed E-state index contributed by atoms with van der Waals surface area (Å²) in [5.74, 6) is 0.607. The van der Waals surface area contributed by atoms with Crippen LogP contribution in [0.25, 0.3) is 6.08 Å². The van der Waals surface area contributed by atoms with Gasteiger partial charge < -0.3 is 19.5 Å². The van der Waals surface area contributed by atoms with Crippen LogP contribution in [0.1, 0.15) is 19.4 Å². The Kier molecular flexibility index (Phi) is 7.98. The van der Waals surface area contributed by atoms with Gasteiger partial charge >= 0.3 is 0 Å². The SMILES string of the molecule is COc1cc(/C=C\C(=O)NCC(=O)NN=C(C)C)cc(OC)c1OC. The molecular formula is C17H23N3O5. The van der Waals surface area contributed by atoms with E-state index in [1.54, 1.807) is 32.1 Å². The third-order valence-electron chi connectivity index (χ3n) is 2.94. The molecule has 1 aromatic carbocycles. The van der Waals surface area contributed by atoms with Crippen molar-refractivity contribution in [1.29, 1.82) is 0 Å². The number of carbonyl (C=O) groups is 2. The number of amides is 2. The molecule has 8 nitrogen and oxygen atoms in total.